The Bertz CT molecular complexity index is 590. The van der Waals surface area contributed by atoms with Crippen LogP contribution in [0.2, 0.25) is 0 Å². The van der Waals surface area contributed by atoms with Gasteiger partial charge in [0.2, 0.25) is 0 Å². The summed E-state index contributed by atoms with van der Waals surface area (Å²) in [5.74, 6) is -0.210. The molecule has 1 aliphatic heterocycles. The predicted molar refractivity (Wildman–Crippen MR) is 89.5 cm³/mol. The number of halogens is 2. The van der Waals surface area contributed by atoms with E-state index >= 15 is 0 Å². The van der Waals surface area contributed by atoms with E-state index in [0.29, 0.717) is 0 Å². The van der Waals surface area contributed by atoms with Gasteiger partial charge in [-0.2, -0.15) is 0 Å². The van der Waals surface area contributed by atoms with Crippen LogP contribution in [-0.2, 0) is 11.3 Å². The highest BCUT2D eigenvalue weighted by Crippen LogP contribution is 2.30. The molecule has 1 aliphatic rings. The van der Waals surface area contributed by atoms with Gasteiger partial charge in [-0.3, -0.25) is 4.90 Å². The number of alkyl halides is 1. The third-order valence-corrected chi connectivity index (χ3v) is 5.06. The molecule has 1 heterocycles. The molecule has 0 aliphatic carbocycles. The first-order chi connectivity index (χ1) is 10.7. The Labute approximate surface area is 139 Å². The summed E-state index contributed by atoms with van der Waals surface area (Å²) in [5, 5.41) is 0. The molecule has 2 aromatic rings. The van der Waals surface area contributed by atoms with Gasteiger partial charge >= 0.3 is 0 Å². The maximum Gasteiger partial charge on any atom is 0.123 e. The van der Waals surface area contributed by atoms with Gasteiger partial charge in [0, 0.05) is 19.6 Å². The molecule has 116 valence electrons. The lowest BCUT2D eigenvalue weighted by Crippen LogP contribution is -2.43. The molecule has 0 spiro atoms. The molecule has 2 atom stereocenters. The molecule has 1 unspecified atom stereocenters. The summed E-state index contributed by atoms with van der Waals surface area (Å²) < 4.78 is 19.0. The lowest BCUT2D eigenvalue weighted by molar-refractivity contribution is -0.0310. The van der Waals surface area contributed by atoms with E-state index in [1.807, 2.05) is 18.2 Å². The van der Waals surface area contributed by atoms with Gasteiger partial charge in [-0.15, -0.1) is 0 Å². The van der Waals surface area contributed by atoms with Gasteiger partial charge in [0.15, 0.2) is 0 Å². The summed E-state index contributed by atoms with van der Waals surface area (Å²) in [6, 6.07) is 17.1. The van der Waals surface area contributed by atoms with Crippen LogP contribution in [0.25, 0.3) is 0 Å². The molecule has 0 N–H and O–H groups in total. The normalized spacial score (nSPS) is 20.7. The fourth-order valence-corrected chi connectivity index (χ4v) is 3.38. The smallest absolute Gasteiger partial charge is 0.123 e. The number of morpholine rings is 1. The van der Waals surface area contributed by atoms with E-state index < -0.39 is 0 Å². The van der Waals surface area contributed by atoms with E-state index in [0.717, 1.165) is 31.8 Å². The van der Waals surface area contributed by atoms with E-state index in [4.69, 9.17) is 4.74 Å². The number of hydrogen-bond acceptors (Lipinski definition) is 2. The topological polar surface area (TPSA) is 12.5 Å². The summed E-state index contributed by atoms with van der Waals surface area (Å²) in [5.41, 5.74) is 2.36. The average molecular weight is 364 g/mol. The molecule has 22 heavy (non-hydrogen) atoms. The highest BCUT2D eigenvalue weighted by atomic mass is 79.9. The molecule has 0 bridgehead atoms. The maximum absolute atomic E-state index is 13.0. The Kier molecular flexibility index (Phi) is 5.24. The molecule has 2 nitrogen and oxygen atoms in total. The van der Waals surface area contributed by atoms with Gasteiger partial charge in [0.25, 0.3) is 0 Å². The van der Waals surface area contributed by atoms with Crippen molar-refractivity contribution in [3.63, 3.8) is 0 Å². The predicted octanol–water partition coefficient (Wildman–Crippen LogP) is 4.16. The van der Waals surface area contributed by atoms with Gasteiger partial charge in [0.05, 0.1) is 17.5 Å². The second-order valence-corrected chi connectivity index (χ2v) is 6.57. The molecule has 1 fully saturated rings. The summed E-state index contributed by atoms with van der Waals surface area (Å²) >= 11 is 3.71. The van der Waals surface area contributed by atoms with Crippen LogP contribution in [-0.4, -0.2) is 30.7 Å². The van der Waals surface area contributed by atoms with E-state index in [-0.39, 0.29) is 16.7 Å². The largest absolute Gasteiger partial charge is 0.374 e. The second-order valence-electron chi connectivity index (χ2n) is 5.58. The lowest BCUT2D eigenvalue weighted by atomic mass is 10.1. The minimum Gasteiger partial charge on any atom is -0.374 e. The Morgan fingerprint density at radius 3 is 2.59 bits per heavy atom. The van der Waals surface area contributed by atoms with Crippen molar-refractivity contribution in [1.29, 1.82) is 0 Å². The van der Waals surface area contributed by atoms with Crippen molar-refractivity contribution < 1.29 is 9.13 Å². The Morgan fingerprint density at radius 1 is 1.14 bits per heavy atom. The highest BCUT2D eigenvalue weighted by molar-refractivity contribution is 9.09. The fraction of sp³-hybridized carbons (Fsp3) is 0.333. The molecule has 2 aromatic carbocycles. The molecule has 0 saturated carbocycles. The van der Waals surface area contributed by atoms with E-state index in [2.05, 4.69) is 45.1 Å². The third kappa shape index (κ3) is 3.94. The molecule has 0 aromatic heterocycles. The van der Waals surface area contributed by atoms with Crippen molar-refractivity contribution in [3.8, 4) is 0 Å². The summed E-state index contributed by atoms with van der Waals surface area (Å²) in [4.78, 5) is 2.48. The SMILES string of the molecule is Fc1ccc([C@H](Br)C2CN(Cc3ccccc3)CCO2)cc1. The monoisotopic (exact) mass is 363 g/mol. The van der Waals surface area contributed by atoms with Crippen molar-refractivity contribution in [2.75, 3.05) is 19.7 Å². The van der Waals surface area contributed by atoms with Crippen molar-refractivity contribution in [3.05, 3.63) is 71.5 Å². The van der Waals surface area contributed by atoms with E-state index in [9.17, 15) is 4.39 Å². The van der Waals surface area contributed by atoms with E-state index in [1.54, 1.807) is 0 Å². The number of ether oxygens (including phenoxy) is 1. The van der Waals surface area contributed by atoms with Crippen LogP contribution < -0.4 is 0 Å². The molecule has 1 saturated heterocycles. The highest BCUT2D eigenvalue weighted by Gasteiger charge is 2.27. The fourth-order valence-electron chi connectivity index (χ4n) is 2.76. The van der Waals surface area contributed by atoms with Gasteiger partial charge in [-0.05, 0) is 23.3 Å². The van der Waals surface area contributed by atoms with Crippen LogP contribution in [0.3, 0.4) is 0 Å². The third-order valence-electron chi connectivity index (χ3n) is 3.94. The van der Waals surface area contributed by atoms with Gasteiger partial charge in [-0.25, -0.2) is 4.39 Å². The van der Waals surface area contributed by atoms with Crippen molar-refractivity contribution >= 4 is 15.9 Å². The van der Waals surface area contributed by atoms with Gasteiger partial charge < -0.3 is 4.74 Å². The molecule has 4 heteroatoms. The van der Waals surface area contributed by atoms with E-state index in [1.165, 1.54) is 17.7 Å². The number of rotatable bonds is 4. The zero-order valence-electron chi connectivity index (χ0n) is 12.3. The molecule has 3 rings (SSSR count). The zero-order valence-corrected chi connectivity index (χ0v) is 13.9. The quantitative estimate of drug-likeness (QED) is 0.756. The first-order valence-corrected chi connectivity index (χ1v) is 8.41. The minimum absolute atomic E-state index is 0.0722. The Morgan fingerprint density at radius 2 is 1.86 bits per heavy atom. The van der Waals surface area contributed by atoms with Crippen LogP contribution in [0.1, 0.15) is 16.0 Å². The second kappa shape index (κ2) is 7.36. The molecular formula is C18H19BrFNO. The first kappa shape index (κ1) is 15.7. The maximum atomic E-state index is 13.0. The molecular weight excluding hydrogens is 345 g/mol. The van der Waals surface area contributed by atoms with Crippen LogP contribution in [0.4, 0.5) is 4.39 Å². The Hall–Kier alpha value is -1.23. The van der Waals surface area contributed by atoms with Crippen LogP contribution in [0.15, 0.2) is 54.6 Å². The van der Waals surface area contributed by atoms with Crippen molar-refractivity contribution in [1.82, 2.24) is 4.90 Å². The minimum atomic E-state index is -0.210. The average Bonchev–Trinajstić information content (AvgIpc) is 2.56. The van der Waals surface area contributed by atoms with Crippen LogP contribution >= 0.6 is 15.9 Å². The van der Waals surface area contributed by atoms with Gasteiger partial charge in [-0.1, -0.05) is 58.4 Å². The first-order valence-electron chi connectivity index (χ1n) is 7.50. The molecule has 0 radical (unpaired) electrons. The number of hydrogen-bond donors (Lipinski definition) is 0. The number of nitrogens with zero attached hydrogens (tertiary/aromatic N) is 1. The number of benzene rings is 2. The lowest BCUT2D eigenvalue weighted by Gasteiger charge is -2.35. The zero-order chi connectivity index (χ0) is 15.4. The van der Waals surface area contributed by atoms with Crippen LogP contribution in [0.5, 0.6) is 0 Å². The van der Waals surface area contributed by atoms with Gasteiger partial charge in [0.1, 0.15) is 5.82 Å². The Balaban J connectivity index is 1.63. The standard InChI is InChI=1S/C18H19BrFNO/c19-18(15-6-8-16(20)9-7-15)17-13-21(10-11-22-17)12-14-4-2-1-3-5-14/h1-9,17-18H,10-13H2/t17?,18-/m0/s1. The van der Waals surface area contributed by atoms with Crippen molar-refractivity contribution in [2.45, 2.75) is 17.5 Å². The van der Waals surface area contributed by atoms with Crippen LogP contribution in [0, 0.1) is 5.82 Å². The summed E-state index contributed by atoms with van der Waals surface area (Å²) in [7, 11) is 0. The summed E-state index contributed by atoms with van der Waals surface area (Å²) in [6.45, 7) is 3.46. The van der Waals surface area contributed by atoms with Crippen molar-refractivity contribution in [2.24, 2.45) is 0 Å². The summed E-state index contributed by atoms with van der Waals surface area (Å²) in [6.07, 6.45) is 0.0722. The molecule has 0 amide bonds.